The maximum absolute atomic E-state index is 4.84. The van der Waals surface area contributed by atoms with Crippen LogP contribution in [0.5, 0.6) is 0 Å². The number of likely N-dealkylation sites (N-methyl/N-ethyl adjacent to an activating group) is 1. The van der Waals surface area contributed by atoms with Gasteiger partial charge in [-0.05, 0) is 25.6 Å². The molecule has 1 aliphatic heterocycles. The zero-order valence-corrected chi connectivity index (χ0v) is 17.8. The summed E-state index contributed by atoms with van der Waals surface area (Å²) in [6.45, 7) is 14.3. The first-order valence-corrected chi connectivity index (χ1v) is 10.6. The van der Waals surface area contributed by atoms with Crippen LogP contribution in [0.1, 0.15) is 30.9 Å². The van der Waals surface area contributed by atoms with Crippen molar-refractivity contribution in [2.45, 2.75) is 33.9 Å². The number of aryl methyl sites for hydroxylation is 1. The Kier molecular flexibility index (Phi) is 6.06. The number of piperazine rings is 1. The Balaban J connectivity index is 1.55. The number of hydrogen-bond donors (Lipinski definition) is 0. The summed E-state index contributed by atoms with van der Waals surface area (Å²) in [5.41, 5.74) is 2.29. The van der Waals surface area contributed by atoms with Crippen LogP contribution in [0.25, 0.3) is 5.78 Å². The molecule has 0 N–H and O–H groups in total. The van der Waals surface area contributed by atoms with Gasteiger partial charge in [0.15, 0.2) is 5.82 Å². The average Bonchev–Trinajstić information content (AvgIpc) is 3.15. The van der Waals surface area contributed by atoms with E-state index in [1.165, 1.54) is 5.56 Å². The number of anilines is 1. The van der Waals surface area contributed by atoms with Gasteiger partial charge in [-0.3, -0.25) is 4.90 Å². The van der Waals surface area contributed by atoms with Crippen LogP contribution in [0.4, 0.5) is 5.82 Å². The van der Waals surface area contributed by atoms with E-state index in [0.717, 1.165) is 69.7 Å². The Morgan fingerprint density at radius 3 is 2.41 bits per heavy atom. The Morgan fingerprint density at radius 1 is 0.966 bits per heavy atom. The van der Waals surface area contributed by atoms with Crippen molar-refractivity contribution in [2.24, 2.45) is 0 Å². The van der Waals surface area contributed by atoms with Crippen LogP contribution in [-0.2, 0) is 13.1 Å². The third-order valence-corrected chi connectivity index (χ3v) is 5.67. The van der Waals surface area contributed by atoms with Crippen LogP contribution in [0, 0.1) is 6.92 Å². The highest BCUT2D eigenvalue weighted by Crippen LogP contribution is 2.19. The molecule has 0 bridgehead atoms. The number of aromatic nitrogens is 4. The van der Waals surface area contributed by atoms with E-state index in [1.807, 2.05) is 11.4 Å². The fourth-order valence-electron chi connectivity index (χ4n) is 3.92. The minimum Gasteiger partial charge on any atom is -0.354 e. The summed E-state index contributed by atoms with van der Waals surface area (Å²) in [6, 6.07) is 12.7. The standard InChI is InChI=1S/C22H31N7/c1-4-26-11-13-28(14-12-26)21-15-18(3)23-22-24-20(25-29(21)22)17-27(5-2)16-19-9-7-6-8-10-19/h6-10,15H,4-5,11-14,16-17H2,1-3H3. The molecule has 1 saturated heterocycles. The second kappa shape index (κ2) is 8.88. The zero-order chi connectivity index (χ0) is 20.2. The summed E-state index contributed by atoms with van der Waals surface area (Å²) in [5, 5.41) is 4.84. The van der Waals surface area contributed by atoms with Gasteiger partial charge in [-0.2, -0.15) is 9.50 Å². The quantitative estimate of drug-likeness (QED) is 0.615. The molecule has 0 radical (unpaired) electrons. The molecule has 4 rings (SSSR count). The molecule has 1 fully saturated rings. The molecule has 3 aromatic rings. The van der Waals surface area contributed by atoms with Crippen molar-refractivity contribution >= 4 is 11.6 Å². The first-order chi connectivity index (χ1) is 14.2. The summed E-state index contributed by atoms with van der Waals surface area (Å²) in [4.78, 5) is 16.6. The number of benzene rings is 1. The Bertz CT molecular complexity index is 929. The van der Waals surface area contributed by atoms with Gasteiger partial charge in [0.25, 0.3) is 5.78 Å². The lowest BCUT2D eigenvalue weighted by molar-refractivity contribution is 0.264. The maximum Gasteiger partial charge on any atom is 0.254 e. The highest BCUT2D eigenvalue weighted by Gasteiger charge is 2.20. The molecule has 7 heteroatoms. The minimum atomic E-state index is 0.698. The van der Waals surface area contributed by atoms with E-state index < -0.39 is 0 Å². The molecule has 7 nitrogen and oxygen atoms in total. The summed E-state index contributed by atoms with van der Waals surface area (Å²) in [7, 11) is 0. The molecular formula is C22H31N7. The van der Waals surface area contributed by atoms with E-state index in [2.05, 4.69) is 69.9 Å². The third kappa shape index (κ3) is 4.57. The van der Waals surface area contributed by atoms with Gasteiger partial charge >= 0.3 is 0 Å². The van der Waals surface area contributed by atoms with Crippen molar-refractivity contribution in [3.05, 3.63) is 53.5 Å². The second-order valence-corrected chi connectivity index (χ2v) is 7.71. The molecule has 0 aliphatic carbocycles. The van der Waals surface area contributed by atoms with E-state index in [-0.39, 0.29) is 0 Å². The number of fused-ring (bicyclic) bond motifs is 1. The first-order valence-electron chi connectivity index (χ1n) is 10.6. The molecule has 1 aromatic carbocycles. The number of nitrogens with zero attached hydrogens (tertiary/aromatic N) is 7. The van der Waals surface area contributed by atoms with Gasteiger partial charge in [-0.25, -0.2) is 4.98 Å². The van der Waals surface area contributed by atoms with Crippen molar-refractivity contribution in [1.82, 2.24) is 29.4 Å². The van der Waals surface area contributed by atoms with Gasteiger partial charge in [0.2, 0.25) is 0 Å². The summed E-state index contributed by atoms with van der Waals surface area (Å²) in [6.07, 6.45) is 0. The van der Waals surface area contributed by atoms with Gasteiger partial charge in [0, 0.05) is 44.5 Å². The minimum absolute atomic E-state index is 0.698. The van der Waals surface area contributed by atoms with Gasteiger partial charge in [-0.15, -0.1) is 5.10 Å². The summed E-state index contributed by atoms with van der Waals surface area (Å²) < 4.78 is 1.93. The van der Waals surface area contributed by atoms with Crippen molar-refractivity contribution < 1.29 is 0 Å². The number of hydrogen-bond acceptors (Lipinski definition) is 6. The van der Waals surface area contributed by atoms with Crippen LogP contribution in [0.15, 0.2) is 36.4 Å². The predicted molar refractivity (Wildman–Crippen MR) is 116 cm³/mol. The Hall–Kier alpha value is -2.51. The van der Waals surface area contributed by atoms with Crippen LogP contribution < -0.4 is 4.90 Å². The smallest absolute Gasteiger partial charge is 0.254 e. The molecule has 0 atom stereocenters. The first kappa shape index (κ1) is 19.8. The van der Waals surface area contributed by atoms with Crippen LogP contribution in [-0.4, -0.2) is 68.7 Å². The lowest BCUT2D eigenvalue weighted by atomic mass is 10.2. The van der Waals surface area contributed by atoms with E-state index in [4.69, 9.17) is 10.1 Å². The number of rotatable bonds is 7. The van der Waals surface area contributed by atoms with Crippen molar-refractivity contribution in [2.75, 3.05) is 44.2 Å². The summed E-state index contributed by atoms with van der Waals surface area (Å²) in [5.74, 6) is 2.63. The van der Waals surface area contributed by atoms with E-state index in [9.17, 15) is 0 Å². The highest BCUT2D eigenvalue weighted by molar-refractivity contribution is 5.48. The van der Waals surface area contributed by atoms with Crippen molar-refractivity contribution in [3.8, 4) is 0 Å². The Labute approximate surface area is 173 Å². The van der Waals surface area contributed by atoms with E-state index in [0.29, 0.717) is 5.78 Å². The molecule has 1 aliphatic rings. The molecule has 29 heavy (non-hydrogen) atoms. The van der Waals surface area contributed by atoms with E-state index >= 15 is 0 Å². The third-order valence-electron chi connectivity index (χ3n) is 5.67. The molecule has 0 spiro atoms. The van der Waals surface area contributed by atoms with Gasteiger partial charge < -0.3 is 9.80 Å². The Morgan fingerprint density at radius 2 is 1.72 bits per heavy atom. The molecule has 3 heterocycles. The topological polar surface area (TPSA) is 52.8 Å². The molecular weight excluding hydrogens is 362 g/mol. The van der Waals surface area contributed by atoms with Crippen LogP contribution >= 0.6 is 0 Å². The van der Waals surface area contributed by atoms with Gasteiger partial charge in [0.1, 0.15) is 5.82 Å². The molecule has 0 saturated carbocycles. The monoisotopic (exact) mass is 393 g/mol. The SMILES string of the molecule is CCN1CCN(c2cc(C)nc3nc(CN(CC)Cc4ccccc4)nn23)CC1. The van der Waals surface area contributed by atoms with Crippen molar-refractivity contribution in [3.63, 3.8) is 0 Å². The fourth-order valence-corrected chi connectivity index (χ4v) is 3.92. The lowest BCUT2D eigenvalue weighted by Gasteiger charge is -2.35. The van der Waals surface area contributed by atoms with Crippen LogP contribution in [0.3, 0.4) is 0 Å². The molecule has 0 amide bonds. The fraction of sp³-hybridized carbons (Fsp3) is 0.500. The predicted octanol–water partition coefficient (Wildman–Crippen LogP) is 2.60. The van der Waals surface area contributed by atoms with Crippen molar-refractivity contribution in [1.29, 1.82) is 0 Å². The second-order valence-electron chi connectivity index (χ2n) is 7.71. The van der Waals surface area contributed by atoms with E-state index in [1.54, 1.807) is 0 Å². The van der Waals surface area contributed by atoms with Gasteiger partial charge in [-0.1, -0.05) is 44.2 Å². The molecule has 2 aromatic heterocycles. The maximum atomic E-state index is 4.84. The highest BCUT2D eigenvalue weighted by atomic mass is 15.4. The molecule has 154 valence electrons. The normalized spacial score (nSPS) is 15.5. The lowest BCUT2D eigenvalue weighted by Crippen LogP contribution is -2.46. The van der Waals surface area contributed by atoms with Gasteiger partial charge in [0.05, 0.1) is 6.54 Å². The largest absolute Gasteiger partial charge is 0.354 e. The zero-order valence-electron chi connectivity index (χ0n) is 17.8. The summed E-state index contributed by atoms with van der Waals surface area (Å²) >= 11 is 0. The van der Waals surface area contributed by atoms with Crippen LogP contribution in [0.2, 0.25) is 0 Å². The average molecular weight is 394 g/mol. The molecule has 0 unspecified atom stereocenters.